The first-order chi connectivity index (χ1) is 21.1. The third kappa shape index (κ3) is 3.57. The lowest BCUT2D eigenvalue weighted by molar-refractivity contribution is -0.119. The van der Waals surface area contributed by atoms with Gasteiger partial charge in [0.05, 0.1) is 34.9 Å². The first-order valence-corrected chi connectivity index (χ1v) is 14.2. The van der Waals surface area contributed by atoms with Gasteiger partial charge >= 0.3 is 0 Å². The number of anilines is 3. The Kier molecular flexibility index (Phi) is 5.49. The number of ether oxygens (including phenoxy) is 1. The van der Waals surface area contributed by atoms with Crippen molar-refractivity contribution in [2.75, 3.05) is 22.1 Å². The number of carbonyl (C=O) groups is 1. The Labute approximate surface area is 248 Å². The topological polar surface area (TPSA) is 96.1 Å². The number of nitrogens with zero attached hydrogens (tertiary/aromatic N) is 5. The third-order valence-corrected chi connectivity index (χ3v) is 8.05. The van der Waals surface area contributed by atoms with Gasteiger partial charge in [-0.3, -0.25) is 9.69 Å². The van der Waals surface area contributed by atoms with E-state index in [1.165, 1.54) is 0 Å². The number of amides is 1. The molecule has 9 heteroatoms. The van der Waals surface area contributed by atoms with Gasteiger partial charge in [-0.15, -0.1) is 0 Å². The van der Waals surface area contributed by atoms with Crippen LogP contribution in [0.2, 0.25) is 0 Å². The minimum atomic E-state index is -1.28. The second-order valence-corrected chi connectivity index (χ2v) is 10.5. The number of nitrogens with one attached hydrogen (secondary N) is 2. The Balaban J connectivity index is 1.42. The maximum Gasteiger partial charge on any atom is 0.260 e. The van der Waals surface area contributed by atoms with Crippen LogP contribution < -0.4 is 20.3 Å². The van der Waals surface area contributed by atoms with E-state index in [4.69, 9.17) is 19.8 Å². The molecule has 0 aliphatic carbocycles. The van der Waals surface area contributed by atoms with Crippen molar-refractivity contribution in [1.82, 2.24) is 9.78 Å². The van der Waals surface area contributed by atoms with Gasteiger partial charge in [-0.2, -0.15) is 5.10 Å². The predicted molar refractivity (Wildman–Crippen MR) is 168 cm³/mol. The highest BCUT2D eigenvalue weighted by Crippen LogP contribution is 2.55. The maximum absolute atomic E-state index is 14.6. The minimum absolute atomic E-state index is 0.171. The Morgan fingerprint density at radius 1 is 0.884 bits per heavy atom. The van der Waals surface area contributed by atoms with Crippen LogP contribution in [0.25, 0.3) is 5.69 Å². The number of hydrogen-bond donors (Lipinski definition) is 2. The second kappa shape index (κ2) is 9.42. The summed E-state index contributed by atoms with van der Waals surface area (Å²) in [5, 5.41) is 11.6. The van der Waals surface area contributed by atoms with Crippen molar-refractivity contribution in [2.45, 2.75) is 19.4 Å². The highest BCUT2D eigenvalue weighted by atomic mass is 16.5. The quantitative estimate of drug-likeness (QED) is 0.260. The van der Waals surface area contributed by atoms with Crippen molar-refractivity contribution in [3.63, 3.8) is 0 Å². The largest absolute Gasteiger partial charge is 0.494 e. The van der Waals surface area contributed by atoms with E-state index < -0.39 is 5.54 Å². The smallest absolute Gasteiger partial charge is 0.260 e. The van der Waals surface area contributed by atoms with Crippen LogP contribution in [0.1, 0.15) is 23.7 Å². The number of carbonyl (C=O) groups excluding carboxylic acids is 1. The lowest BCUT2D eigenvalue weighted by Crippen LogP contribution is -2.60. The summed E-state index contributed by atoms with van der Waals surface area (Å²) in [5.41, 5.74) is 4.93. The minimum Gasteiger partial charge on any atom is -0.494 e. The normalized spacial score (nSPS) is 17.7. The van der Waals surface area contributed by atoms with Gasteiger partial charge in [-0.1, -0.05) is 48.5 Å². The standard InChI is InChI=1S/C34H27N7O2/c1-3-43-24-19-17-22(18-20-24)35-30-32-38-31-29(21(2)39-41(31)23-11-5-4-6-12-23)34(25-13-7-8-14-26(25)37-33(34)42)40(32)28-16-10-9-15-27(28)36-30/h4-20H,3H2,1-2H3,(H,35,36)(H,37,42). The fourth-order valence-corrected chi connectivity index (χ4v) is 6.32. The van der Waals surface area contributed by atoms with E-state index in [1.807, 2.05) is 127 Å². The summed E-state index contributed by atoms with van der Waals surface area (Å²) < 4.78 is 7.46. The average molecular weight is 566 g/mol. The van der Waals surface area contributed by atoms with Gasteiger partial charge < -0.3 is 15.4 Å². The fourth-order valence-electron chi connectivity index (χ4n) is 6.32. The lowest BCUT2D eigenvalue weighted by Gasteiger charge is -2.46. The van der Waals surface area contributed by atoms with Gasteiger partial charge in [0, 0.05) is 16.9 Å². The number of fused-ring (bicyclic) bond motifs is 8. The number of benzene rings is 4. The second-order valence-electron chi connectivity index (χ2n) is 10.5. The molecule has 0 saturated heterocycles. The number of amidine groups is 2. The van der Waals surface area contributed by atoms with Gasteiger partial charge in [0.1, 0.15) is 5.75 Å². The predicted octanol–water partition coefficient (Wildman–Crippen LogP) is 6.48. The van der Waals surface area contributed by atoms with E-state index in [9.17, 15) is 4.79 Å². The first-order valence-electron chi connectivity index (χ1n) is 14.2. The zero-order valence-electron chi connectivity index (χ0n) is 23.6. The monoisotopic (exact) mass is 565 g/mol. The summed E-state index contributed by atoms with van der Waals surface area (Å²) in [4.78, 5) is 26.9. The van der Waals surface area contributed by atoms with E-state index in [0.717, 1.165) is 51.0 Å². The van der Waals surface area contributed by atoms with Crippen LogP contribution in [-0.2, 0) is 10.3 Å². The van der Waals surface area contributed by atoms with E-state index >= 15 is 0 Å². The number of para-hydroxylation sites is 4. The van der Waals surface area contributed by atoms with Crippen LogP contribution in [0.3, 0.4) is 0 Å². The number of hydrogen-bond acceptors (Lipinski definition) is 7. The molecule has 0 radical (unpaired) electrons. The van der Waals surface area contributed by atoms with Crippen LogP contribution >= 0.6 is 0 Å². The molecule has 3 aliphatic heterocycles. The SMILES string of the molecule is CCOc1ccc(NC2=Nc3ccccc3N3C2=Nc2c(c(C)nn2-c2ccccc2)C32C(=O)Nc3ccccc32)cc1. The van der Waals surface area contributed by atoms with Gasteiger partial charge in [-0.05, 0) is 68.4 Å². The third-order valence-electron chi connectivity index (χ3n) is 8.05. The molecule has 0 bridgehead atoms. The number of aliphatic imine (C=N–C) groups is 2. The number of aromatic nitrogens is 2. The molecule has 1 spiro atoms. The molecular weight excluding hydrogens is 538 g/mol. The molecule has 3 aliphatic rings. The molecule has 8 rings (SSSR count). The average Bonchev–Trinajstić information content (AvgIpc) is 3.52. The van der Waals surface area contributed by atoms with Gasteiger partial charge in [0.2, 0.25) is 0 Å². The molecule has 1 unspecified atom stereocenters. The molecule has 5 aromatic rings. The van der Waals surface area contributed by atoms with E-state index in [-0.39, 0.29) is 5.91 Å². The summed E-state index contributed by atoms with van der Waals surface area (Å²) in [7, 11) is 0. The summed E-state index contributed by atoms with van der Waals surface area (Å²) in [6.07, 6.45) is 0. The van der Waals surface area contributed by atoms with Gasteiger partial charge in [0.25, 0.3) is 5.91 Å². The molecule has 9 nitrogen and oxygen atoms in total. The van der Waals surface area contributed by atoms with E-state index in [1.54, 1.807) is 0 Å². The van der Waals surface area contributed by atoms with Gasteiger partial charge in [0.15, 0.2) is 23.0 Å². The Morgan fingerprint density at radius 3 is 2.44 bits per heavy atom. The molecule has 2 N–H and O–H groups in total. The van der Waals surface area contributed by atoms with Crippen molar-refractivity contribution in [1.29, 1.82) is 0 Å². The highest BCUT2D eigenvalue weighted by molar-refractivity contribution is 6.53. The Morgan fingerprint density at radius 2 is 1.63 bits per heavy atom. The van der Waals surface area contributed by atoms with Crippen LogP contribution in [0, 0.1) is 6.92 Å². The molecule has 43 heavy (non-hydrogen) atoms. The molecule has 210 valence electrons. The lowest BCUT2D eigenvalue weighted by atomic mass is 9.79. The summed E-state index contributed by atoms with van der Waals surface area (Å²) >= 11 is 0. The fraction of sp³-hybridized carbons (Fsp3) is 0.118. The van der Waals surface area contributed by atoms with Crippen LogP contribution in [0.4, 0.5) is 28.6 Å². The van der Waals surface area contributed by atoms with Crippen molar-refractivity contribution in [3.8, 4) is 11.4 Å². The molecule has 4 heterocycles. The van der Waals surface area contributed by atoms with Crippen LogP contribution in [-0.4, -0.2) is 34.0 Å². The molecule has 0 fully saturated rings. The number of aryl methyl sites for hydroxylation is 1. The van der Waals surface area contributed by atoms with Crippen molar-refractivity contribution >= 4 is 46.1 Å². The molecule has 1 atom stereocenters. The van der Waals surface area contributed by atoms with E-state index in [2.05, 4.69) is 10.6 Å². The number of rotatable bonds is 4. The maximum atomic E-state index is 14.6. The van der Waals surface area contributed by atoms with Crippen molar-refractivity contribution in [3.05, 3.63) is 120 Å². The molecule has 1 aromatic heterocycles. The summed E-state index contributed by atoms with van der Waals surface area (Å²) in [6, 6.07) is 33.3. The Hall–Kier alpha value is -5.70. The zero-order valence-corrected chi connectivity index (χ0v) is 23.6. The molecule has 4 aromatic carbocycles. The van der Waals surface area contributed by atoms with Crippen LogP contribution in [0.5, 0.6) is 5.75 Å². The Bertz CT molecular complexity index is 1980. The zero-order chi connectivity index (χ0) is 29.1. The van der Waals surface area contributed by atoms with Crippen molar-refractivity contribution < 1.29 is 9.53 Å². The van der Waals surface area contributed by atoms with Crippen molar-refractivity contribution in [2.24, 2.45) is 9.98 Å². The first kappa shape index (κ1) is 25.0. The van der Waals surface area contributed by atoms with Crippen LogP contribution in [0.15, 0.2) is 113 Å². The van der Waals surface area contributed by atoms with Gasteiger partial charge in [-0.25, -0.2) is 14.7 Å². The highest BCUT2D eigenvalue weighted by Gasteiger charge is 2.60. The summed E-state index contributed by atoms with van der Waals surface area (Å²) in [6.45, 7) is 4.49. The molecular formula is C34H27N7O2. The molecule has 0 saturated carbocycles. The summed E-state index contributed by atoms with van der Waals surface area (Å²) in [5.74, 6) is 2.23. The molecule has 1 amide bonds. The van der Waals surface area contributed by atoms with E-state index in [0.29, 0.717) is 24.1 Å².